The minimum Gasteiger partial charge on any atom is -0.257 e. The molecule has 0 saturated carbocycles. The zero-order valence-electron chi connectivity index (χ0n) is 7.83. The highest BCUT2D eigenvalue weighted by Gasteiger charge is 1.96. The van der Waals surface area contributed by atoms with Gasteiger partial charge < -0.3 is 0 Å². The molecule has 0 aromatic heterocycles. The van der Waals surface area contributed by atoms with E-state index in [0.717, 1.165) is 11.3 Å². The standard InChI is InChI=1S/C12H13N/c1-4-12(13-5-2)11-8-6-10(3)7-9-11/h4-9H,1-2H2,3H3. The maximum Gasteiger partial charge on any atom is 0.0695 e. The fourth-order valence-corrected chi connectivity index (χ4v) is 1.07. The Balaban J connectivity index is 3.06. The first-order chi connectivity index (χ1) is 6.27. The molecular formula is C12H13N. The monoisotopic (exact) mass is 171 g/mol. The van der Waals surface area contributed by atoms with E-state index in [0.29, 0.717) is 0 Å². The lowest BCUT2D eigenvalue weighted by Crippen LogP contribution is -1.94. The van der Waals surface area contributed by atoms with E-state index >= 15 is 0 Å². The average Bonchev–Trinajstić information content (AvgIpc) is 2.16. The van der Waals surface area contributed by atoms with E-state index in [2.05, 4.69) is 37.2 Å². The molecule has 0 amide bonds. The Labute approximate surface area is 79.1 Å². The third kappa shape index (κ3) is 2.41. The second-order valence-corrected chi connectivity index (χ2v) is 2.77. The predicted molar refractivity (Wildman–Crippen MR) is 58.1 cm³/mol. The normalized spacial score (nSPS) is 11.0. The summed E-state index contributed by atoms with van der Waals surface area (Å²) in [4.78, 5) is 4.11. The topological polar surface area (TPSA) is 12.4 Å². The van der Waals surface area contributed by atoms with Crippen LogP contribution in [0.2, 0.25) is 0 Å². The van der Waals surface area contributed by atoms with Gasteiger partial charge in [0.2, 0.25) is 0 Å². The van der Waals surface area contributed by atoms with E-state index in [1.807, 2.05) is 12.1 Å². The number of nitrogens with zero attached hydrogens (tertiary/aromatic N) is 1. The molecule has 1 nitrogen and oxygen atoms in total. The van der Waals surface area contributed by atoms with Crippen LogP contribution in [0.1, 0.15) is 11.1 Å². The number of aliphatic imine (C=N–C) groups is 1. The Morgan fingerprint density at radius 3 is 2.31 bits per heavy atom. The minimum absolute atomic E-state index is 0.856. The molecular weight excluding hydrogens is 158 g/mol. The van der Waals surface area contributed by atoms with Gasteiger partial charge in [0, 0.05) is 11.8 Å². The number of allylic oxidation sites excluding steroid dienone is 1. The number of hydrogen-bond acceptors (Lipinski definition) is 1. The Hall–Kier alpha value is -1.63. The minimum atomic E-state index is 0.856. The quantitative estimate of drug-likeness (QED) is 0.620. The van der Waals surface area contributed by atoms with Gasteiger partial charge in [-0.2, -0.15) is 0 Å². The molecule has 0 aliphatic carbocycles. The van der Waals surface area contributed by atoms with Gasteiger partial charge in [-0.3, -0.25) is 4.99 Å². The first-order valence-electron chi connectivity index (χ1n) is 4.16. The molecule has 0 saturated heterocycles. The smallest absolute Gasteiger partial charge is 0.0695 e. The van der Waals surface area contributed by atoms with Crippen LogP contribution in [0, 0.1) is 6.92 Å². The molecule has 0 N–H and O–H groups in total. The van der Waals surface area contributed by atoms with Crippen LogP contribution >= 0.6 is 0 Å². The van der Waals surface area contributed by atoms with Crippen LogP contribution in [0.4, 0.5) is 0 Å². The van der Waals surface area contributed by atoms with Crippen molar-refractivity contribution in [1.82, 2.24) is 0 Å². The molecule has 0 spiro atoms. The molecule has 1 rings (SSSR count). The number of benzene rings is 1. The van der Waals surface area contributed by atoms with Crippen molar-refractivity contribution < 1.29 is 0 Å². The van der Waals surface area contributed by atoms with Crippen LogP contribution in [0.25, 0.3) is 0 Å². The second-order valence-electron chi connectivity index (χ2n) is 2.77. The summed E-state index contributed by atoms with van der Waals surface area (Å²) in [7, 11) is 0. The molecule has 0 bridgehead atoms. The van der Waals surface area contributed by atoms with E-state index in [9.17, 15) is 0 Å². The van der Waals surface area contributed by atoms with Crippen LogP contribution in [0.3, 0.4) is 0 Å². The maximum atomic E-state index is 4.11. The molecule has 13 heavy (non-hydrogen) atoms. The average molecular weight is 171 g/mol. The lowest BCUT2D eigenvalue weighted by Gasteiger charge is -1.99. The van der Waals surface area contributed by atoms with Gasteiger partial charge in [0.05, 0.1) is 5.71 Å². The Kier molecular flexibility index (Phi) is 3.21. The van der Waals surface area contributed by atoms with Crippen molar-refractivity contribution in [3.63, 3.8) is 0 Å². The molecule has 1 aromatic rings. The zero-order valence-corrected chi connectivity index (χ0v) is 7.83. The fourth-order valence-electron chi connectivity index (χ4n) is 1.07. The van der Waals surface area contributed by atoms with Crippen molar-refractivity contribution in [3.05, 3.63) is 60.8 Å². The fraction of sp³-hybridized carbons (Fsp3) is 0.0833. The summed E-state index contributed by atoms with van der Waals surface area (Å²) in [6, 6.07) is 8.16. The van der Waals surface area contributed by atoms with E-state index < -0.39 is 0 Å². The summed E-state index contributed by atoms with van der Waals surface area (Å²) in [5.74, 6) is 0. The Morgan fingerprint density at radius 2 is 1.85 bits per heavy atom. The highest BCUT2D eigenvalue weighted by Crippen LogP contribution is 2.05. The first kappa shape index (κ1) is 9.46. The molecule has 1 heteroatoms. The van der Waals surface area contributed by atoms with E-state index in [1.54, 1.807) is 6.08 Å². The summed E-state index contributed by atoms with van der Waals surface area (Å²) in [5.41, 5.74) is 3.17. The van der Waals surface area contributed by atoms with Gasteiger partial charge in [-0.25, -0.2) is 0 Å². The van der Waals surface area contributed by atoms with Crippen molar-refractivity contribution in [1.29, 1.82) is 0 Å². The van der Waals surface area contributed by atoms with Gasteiger partial charge in [-0.05, 0) is 13.0 Å². The predicted octanol–water partition coefficient (Wildman–Crippen LogP) is 3.11. The largest absolute Gasteiger partial charge is 0.257 e. The zero-order chi connectivity index (χ0) is 9.68. The number of hydrogen-bond donors (Lipinski definition) is 0. The molecule has 0 atom stereocenters. The lowest BCUT2D eigenvalue weighted by molar-refractivity contribution is 1.45. The van der Waals surface area contributed by atoms with Gasteiger partial charge in [-0.15, -0.1) is 0 Å². The van der Waals surface area contributed by atoms with E-state index in [-0.39, 0.29) is 0 Å². The molecule has 66 valence electrons. The molecule has 0 radical (unpaired) electrons. The number of aryl methyl sites for hydroxylation is 1. The van der Waals surface area contributed by atoms with Gasteiger partial charge in [0.25, 0.3) is 0 Å². The van der Waals surface area contributed by atoms with Gasteiger partial charge >= 0.3 is 0 Å². The van der Waals surface area contributed by atoms with Crippen LogP contribution in [-0.4, -0.2) is 5.71 Å². The Bertz CT molecular complexity index is 331. The van der Waals surface area contributed by atoms with Crippen molar-refractivity contribution in [2.24, 2.45) is 4.99 Å². The van der Waals surface area contributed by atoms with E-state index in [1.165, 1.54) is 11.8 Å². The summed E-state index contributed by atoms with van der Waals surface area (Å²) in [5, 5.41) is 0. The third-order valence-electron chi connectivity index (χ3n) is 1.77. The van der Waals surface area contributed by atoms with Crippen molar-refractivity contribution in [2.75, 3.05) is 0 Å². The van der Waals surface area contributed by atoms with Crippen LogP contribution in [0.15, 0.2) is 54.7 Å². The van der Waals surface area contributed by atoms with Gasteiger partial charge in [-0.1, -0.05) is 43.0 Å². The van der Waals surface area contributed by atoms with Crippen LogP contribution in [-0.2, 0) is 0 Å². The summed E-state index contributed by atoms with van der Waals surface area (Å²) in [6.45, 7) is 9.31. The van der Waals surface area contributed by atoms with Gasteiger partial charge in [0.1, 0.15) is 0 Å². The summed E-state index contributed by atoms with van der Waals surface area (Å²) >= 11 is 0. The second kappa shape index (κ2) is 4.41. The van der Waals surface area contributed by atoms with Crippen molar-refractivity contribution in [3.8, 4) is 0 Å². The molecule has 1 aromatic carbocycles. The first-order valence-corrected chi connectivity index (χ1v) is 4.16. The molecule has 0 unspecified atom stereocenters. The lowest BCUT2D eigenvalue weighted by atomic mass is 10.1. The highest BCUT2D eigenvalue weighted by atomic mass is 14.7. The summed E-state index contributed by atoms with van der Waals surface area (Å²) in [6.07, 6.45) is 3.25. The maximum absolute atomic E-state index is 4.11. The molecule has 0 aliphatic heterocycles. The molecule has 0 heterocycles. The van der Waals surface area contributed by atoms with Gasteiger partial charge in [0.15, 0.2) is 0 Å². The van der Waals surface area contributed by atoms with E-state index in [4.69, 9.17) is 0 Å². The highest BCUT2D eigenvalue weighted by molar-refractivity contribution is 6.08. The van der Waals surface area contributed by atoms with Crippen LogP contribution < -0.4 is 0 Å². The molecule has 0 fully saturated rings. The third-order valence-corrected chi connectivity index (χ3v) is 1.77. The molecule has 0 aliphatic rings. The van der Waals surface area contributed by atoms with Crippen LogP contribution in [0.5, 0.6) is 0 Å². The van der Waals surface area contributed by atoms with Crippen molar-refractivity contribution >= 4 is 5.71 Å². The van der Waals surface area contributed by atoms with Crippen molar-refractivity contribution in [2.45, 2.75) is 6.92 Å². The SMILES string of the molecule is C=CN=C(C=C)c1ccc(C)cc1. The summed E-state index contributed by atoms with van der Waals surface area (Å²) < 4.78 is 0. The Morgan fingerprint density at radius 1 is 1.23 bits per heavy atom. The number of rotatable bonds is 3.